The maximum Gasteiger partial charge on any atom is 0.313 e. The Balaban J connectivity index is 1.57. The highest BCUT2D eigenvalue weighted by atomic mass is 16.2. The number of rotatable bonds is 6. The molecule has 0 radical (unpaired) electrons. The molecule has 2 aromatic carbocycles. The zero-order valence-corrected chi connectivity index (χ0v) is 15.4. The highest BCUT2D eigenvalue weighted by molar-refractivity contribution is 6.39. The minimum atomic E-state index is -0.783. The largest absolute Gasteiger partial charge is 0.347 e. The topological polar surface area (TPSA) is 93.1 Å². The number of hydrogen-bond donors (Lipinski definition) is 2. The summed E-state index contributed by atoms with van der Waals surface area (Å²) in [5.41, 5.74) is 1.81. The second-order valence-corrected chi connectivity index (χ2v) is 6.22. The van der Waals surface area contributed by atoms with Gasteiger partial charge in [0.15, 0.2) is 5.82 Å². The molecule has 0 bridgehead atoms. The van der Waals surface area contributed by atoms with Crippen LogP contribution in [0, 0.1) is 0 Å². The molecule has 1 heterocycles. The van der Waals surface area contributed by atoms with Gasteiger partial charge in [0.1, 0.15) is 0 Å². The van der Waals surface area contributed by atoms with E-state index in [0.717, 1.165) is 5.56 Å². The smallest absolute Gasteiger partial charge is 0.313 e. The number of amides is 2. The first-order chi connectivity index (χ1) is 13.5. The van der Waals surface area contributed by atoms with Gasteiger partial charge in [-0.3, -0.25) is 14.4 Å². The minimum Gasteiger partial charge on any atom is -0.347 e. The Morgan fingerprint density at radius 3 is 2.50 bits per heavy atom. The van der Waals surface area contributed by atoms with Gasteiger partial charge in [0, 0.05) is 37.2 Å². The Morgan fingerprint density at radius 1 is 1.00 bits per heavy atom. The van der Waals surface area contributed by atoms with Crippen LogP contribution in [0.15, 0.2) is 67.0 Å². The van der Waals surface area contributed by atoms with Gasteiger partial charge in [-0.25, -0.2) is 4.98 Å². The van der Waals surface area contributed by atoms with Crippen molar-refractivity contribution in [3.63, 3.8) is 0 Å². The van der Waals surface area contributed by atoms with Crippen molar-refractivity contribution in [2.24, 2.45) is 7.05 Å². The Bertz CT molecular complexity index is 996. The summed E-state index contributed by atoms with van der Waals surface area (Å²) in [7, 11) is 1.73. The van der Waals surface area contributed by atoms with Crippen molar-refractivity contribution in [2.45, 2.75) is 6.42 Å². The molecule has 7 heteroatoms. The predicted molar refractivity (Wildman–Crippen MR) is 105 cm³/mol. The van der Waals surface area contributed by atoms with E-state index < -0.39 is 11.8 Å². The lowest BCUT2D eigenvalue weighted by atomic mass is 10.1. The van der Waals surface area contributed by atoms with Gasteiger partial charge < -0.3 is 15.2 Å². The summed E-state index contributed by atoms with van der Waals surface area (Å²) in [4.78, 5) is 40.6. The molecule has 1 aromatic heterocycles. The van der Waals surface area contributed by atoms with Crippen LogP contribution in [-0.4, -0.2) is 33.7 Å². The fourth-order valence-corrected chi connectivity index (χ4v) is 2.68. The third-order valence-corrected chi connectivity index (χ3v) is 4.16. The summed E-state index contributed by atoms with van der Waals surface area (Å²) in [6.45, 7) is 0.355. The average Bonchev–Trinajstić information content (AvgIpc) is 3.14. The lowest BCUT2D eigenvalue weighted by Crippen LogP contribution is -2.36. The quantitative estimate of drug-likeness (QED) is 0.508. The summed E-state index contributed by atoms with van der Waals surface area (Å²) >= 11 is 0. The molecule has 3 rings (SSSR count). The molecule has 0 aliphatic heterocycles. The van der Waals surface area contributed by atoms with E-state index in [1.54, 1.807) is 42.2 Å². The lowest BCUT2D eigenvalue weighted by molar-refractivity contribution is -0.136. The standard InChI is InChI=1S/C21H20N4O3/c1-25-13-12-22-19(25)18(26)16-8-5-9-17(14-16)24-21(28)20(27)23-11-10-15-6-3-2-4-7-15/h2-9,12-14H,10-11H2,1H3,(H,23,27)(H,24,28). The number of benzene rings is 2. The number of nitrogens with one attached hydrogen (secondary N) is 2. The van der Waals surface area contributed by atoms with E-state index in [9.17, 15) is 14.4 Å². The fourth-order valence-electron chi connectivity index (χ4n) is 2.68. The van der Waals surface area contributed by atoms with Crippen LogP contribution in [0.3, 0.4) is 0 Å². The van der Waals surface area contributed by atoms with Crippen molar-refractivity contribution in [3.05, 3.63) is 83.9 Å². The van der Waals surface area contributed by atoms with Crippen LogP contribution in [0.2, 0.25) is 0 Å². The number of aromatic nitrogens is 2. The number of nitrogens with zero attached hydrogens (tertiary/aromatic N) is 2. The maximum absolute atomic E-state index is 12.5. The van der Waals surface area contributed by atoms with Crippen molar-refractivity contribution in [1.29, 1.82) is 0 Å². The van der Waals surface area contributed by atoms with Gasteiger partial charge in [-0.1, -0.05) is 42.5 Å². The monoisotopic (exact) mass is 376 g/mol. The lowest BCUT2D eigenvalue weighted by Gasteiger charge is -2.08. The molecule has 0 saturated carbocycles. The Morgan fingerprint density at radius 2 is 1.79 bits per heavy atom. The molecule has 0 saturated heterocycles. The molecule has 0 atom stereocenters. The second kappa shape index (κ2) is 8.77. The number of aryl methyl sites for hydroxylation is 1. The molecular formula is C21H20N4O3. The van der Waals surface area contributed by atoms with Gasteiger partial charge in [0.25, 0.3) is 0 Å². The normalized spacial score (nSPS) is 10.3. The van der Waals surface area contributed by atoms with Gasteiger partial charge in [-0.15, -0.1) is 0 Å². The number of ketones is 1. The van der Waals surface area contributed by atoms with Gasteiger partial charge in [-0.2, -0.15) is 0 Å². The molecule has 3 aromatic rings. The van der Waals surface area contributed by atoms with E-state index in [1.807, 2.05) is 30.3 Å². The Labute approximate surface area is 162 Å². The van der Waals surface area contributed by atoms with Crippen molar-refractivity contribution < 1.29 is 14.4 Å². The van der Waals surface area contributed by atoms with Crippen LogP contribution in [0.4, 0.5) is 5.69 Å². The van der Waals surface area contributed by atoms with Crippen molar-refractivity contribution in [2.75, 3.05) is 11.9 Å². The van der Waals surface area contributed by atoms with E-state index in [4.69, 9.17) is 0 Å². The van der Waals surface area contributed by atoms with E-state index in [1.165, 1.54) is 6.07 Å². The van der Waals surface area contributed by atoms with Crippen LogP contribution >= 0.6 is 0 Å². The highest BCUT2D eigenvalue weighted by Crippen LogP contribution is 2.14. The highest BCUT2D eigenvalue weighted by Gasteiger charge is 2.16. The molecule has 0 aliphatic carbocycles. The Kier molecular flexibility index (Phi) is 5.96. The fraction of sp³-hybridized carbons (Fsp3) is 0.143. The molecule has 2 amide bonds. The van der Waals surface area contributed by atoms with Crippen LogP contribution in [0.5, 0.6) is 0 Å². The number of anilines is 1. The van der Waals surface area contributed by atoms with Crippen molar-refractivity contribution >= 4 is 23.3 Å². The average molecular weight is 376 g/mol. The van der Waals surface area contributed by atoms with Gasteiger partial charge in [0.05, 0.1) is 0 Å². The summed E-state index contributed by atoms with van der Waals surface area (Å²) in [5.74, 6) is -1.48. The number of hydrogen-bond acceptors (Lipinski definition) is 4. The summed E-state index contributed by atoms with van der Waals surface area (Å²) < 4.78 is 1.62. The zero-order chi connectivity index (χ0) is 19.9. The third-order valence-electron chi connectivity index (χ3n) is 4.16. The molecular weight excluding hydrogens is 356 g/mol. The van der Waals surface area contributed by atoms with Gasteiger partial charge in [-0.05, 0) is 24.1 Å². The van der Waals surface area contributed by atoms with Crippen molar-refractivity contribution in [1.82, 2.24) is 14.9 Å². The molecule has 0 unspecified atom stereocenters. The first kappa shape index (κ1) is 19.0. The predicted octanol–water partition coefficient (Wildman–Crippen LogP) is 1.95. The van der Waals surface area contributed by atoms with Gasteiger partial charge >= 0.3 is 11.8 Å². The zero-order valence-electron chi connectivity index (χ0n) is 15.4. The number of imidazole rings is 1. The van der Waals surface area contributed by atoms with Crippen LogP contribution in [-0.2, 0) is 23.1 Å². The molecule has 28 heavy (non-hydrogen) atoms. The summed E-state index contributed by atoms with van der Waals surface area (Å²) in [6.07, 6.45) is 3.85. The second-order valence-electron chi connectivity index (χ2n) is 6.22. The first-order valence-electron chi connectivity index (χ1n) is 8.80. The van der Waals surface area contributed by atoms with E-state index in [2.05, 4.69) is 15.6 Å². The molecule has 0 aliphatic rings. The van der Waals surface area contributed by atoms with E-state index >= 15 is 0 Å². The van der Waals surface area contributed by atoms with Gasteiger partial charge in [0.2, 0.25) is 5.78 Å². The number of carbonyl (C=O) groups is 3. The molecule has 2 N–H and O–H groups in total. The third kappa shape index (κ3) is 4.70. The van der Waals surface area contributed by atoms with E-state index in [-0.39, 0.29) is 5.78 Å². The SMILES string of the molecule is Cn1ccnc1C(=O)c1cccc(NC(=O)C(=O)NCCc2ccccc2)c1. The summed E-state index contributed by atoms with van der Waals surface area (Å²) in [6, 6.07) is 16.1. The minimum absolute atomic E-state index is 0.268. The first-order valence-corrected chi connectivity index (χ1v) is 8.80. The molecule has 0 spiro atoms. The van der Waals surface area contributed by atoms with Crippen molar-refractivity contribution in [3.8, 4) is 0 Å². The Hall–Kier alpha value is -3.74. The number of carbonyl (C=O) groups excluding carboxylic acids is 3. The van der Waals surface area contributed by atoms with E-state index in [0.29, 0.717) is 30.0 Å². The summed E-state index contributed by atoms with van der Waals surface area (Å²) in [5, 5.41) is 5.10. The molecule has 0 fully saturated rings. The maximum atomic E-state index is 12.5. The van der Waals surface area contributed by atoms with Crippen LogP contribution in [0.25, 0.3) is 0 Å². The molecule has 142 valence electrons. The van der Waals surface area contributed by atoms with Crippen LogP contribution in [0.1, 0.15) is 21.7 Å². The molecule has 7 nitrogen and oxygen atoms in total. The van der Waals surface area contributed by atoms with Crippen LogP contribution < -0.4 is 10.6 Å².